The fraction of sp³-hybridized carbons (Fsp3) is 0.893. The van der Waals surface area contributed by atoms with Crippen molar-refractivity contribution in [3.05, 3.63) is 0 Å². The van der Waals surface area contributed by atoms with Gasteiger partial charge in [-0.25, -0.2) is 4.79 Å². The molecule has 7 nitrogen and oxygen atoms in total. The van der Waals surface area contributed by atoms with Crippen LogP contribution in [0.1, 0.15) is 96.3 Å². The number of hydrogen-bond acceptors (Lipinski definition) is 3. The zero-order chi connectivity index (χ0) is 24.0. The average molecular weight is 485 g/mol. The van der Waals surface area contributed by atoms with Gasteiger partial charge < -0.3 is 20.4 Å². The number of nitrogens with zero attached hydrogens (tertiary/aromatic N) is 2. The molecule has 1 unspecified atom stereocenters. The first-order valence-corrected chi connectivity index (χ1v) is 14.7. The van der Waals surface area contributed by atoms with Crippen LogP contribution in [0.2, 0.25) is 0 Å². The van der Waals surface area contributed by atoms with E-state index < -0.39 is 0 Å². The van der Waals surface area contributed by atoms with E-state index in [2.05, 4.69) is 10.6 Å². The largest absolute Gasteiger partial charge is 0.341 e. The maximum absolute atomic E-state index is 13.9. The van der Waals surface area contributed by atoms with Crippen molar-refractivity contribution in [3.8, 4) is 0 Å². The second kappa shape index (κ2) is 9.59. The lowest BCUT2D eigenvalue weighted by atomic mass is 9.49. The van der Waals surface area contributed by atoms with Crippen molar-refractivity contribution < 1.29 is 14.4 Å². The number of piperidine rings is 1. The number of rotatable bonds is 4. The zero-order valence-electron chi connectivity index (χ0n) is 21.3. The minimum absolute atomic E-state index is 0.0511. The number of likely N-dealkylation sites (tertiary alicyclic amines) is 2. The molecule has 194 valence electrons. The number of amides is 4. The lowest BCUT2D eigenvalue weighted by molar-refractivity contribution is -0.162. The zero-order valence-corrected chi connectivity index (χ0v) is 21.3. The first-order valence-electron chi connectivity index (χ1n) is 14.7. The Morgan fingerprint density at radius 1 is 0.657 bits per heavy atom. The van der Waals surface area contributed by atoms with E-state index in [1.165, 1.54) is 38.5 Å². The Hall–Kier alpha value is -1.79. The van der Waals surface area contributed by atoms with Gasteiger partial charge in [0.1, 0.15) is 6.04 Å². The highest BCUT2D eigenvalue weighted by Crippen LogP contribution is 2.60. The molecule has 4 amide bonds. The summed E-state index contributed by atoms with van der Waals surface area (Å²) in [5, 5.41) is 6.29. The van der Waals surface area contributed by atoms with Crippen LogP contribution < -0.4 is 10.6 Å². The van der Waals surface area contributed by atoms with Crippen LogP contribution in [-0.2, 0) is 9.59 Å². The third kappa shape index (κ3) is 4.69. The van der Waals surface area contributed by atoms with Crippen LogP contribution >= 0.6 is 0 Å². The van der Waals surface area contributed by atoms with Gasteiger partial charge in [0.15, 0.2) is 0 Å². The SMILES string of the molecule is O=C(NC1CCCCC1)NC1CCN(C(=O)C2CCCN2C(=O)C23CC4CC(CC(C4)C2)C3)CC1. The normalized spacial score (nSPS) is 37.5. The summed E-state index contributed by atoms with van der Waals surface area (Å²) in [7, 11) is 0. The average Bonchev–Trinajstić information content (AvgIpc) is 3.33. The Morgan fingerprint density at radius 2 is 1.23 bits per heavy atom. The van der Waals surface area contributed by atoms with Crippen LogP contribution in [0.15, 0.2) is 0 Å². The Labute approximate surface area is 210 Å². The van der Waals surface area contributed by atoms with E-state index in [0.717, 1.165) is 82.1 Å². The van der Waals surface area contributed by atoms with Crippen molar-refractivity contribution >= 4 is 17.8 Å². The van der Waals surface area contributed by atoms with E-state index in [9.17, 15) is 14.4 Å². The highest BCUT2D eigenvalue weighted by Gasteiger charge is 2.57. The van der Waals surface area contributed by atoms with E-state index >= 15 is 0 Å². The summed E-state index contributed by atoms with van der Waals surface area (Å²) < 4.78 is 0. The van der Waals surface area contributed by atoms with Crippen molar-refractivity contribution in [3.63, 3.8) is 0 Å². The molecule has 0 radical (unpaired) electrons. The van der Waals surface area contributed by atoms with Crippen molar-refractivity contribution in [1.29, 1.82) is 0 Å². The molecule has 5 aliphatic carbocycles. The minimum atomic E-state index is -0.269. The predicted octanol–water partition coefficient (Wildman–Crippen LogP) is 3.82. The monoisotopic (exact) mass is 484 g/mol. The number of nitrogens with one attached hydrogen (secondary N) is 2. The van der Waals surface area contributed by atoms with Gasteiger partial charge in [-0.2, -0.15) is 0 Å². The smallest absolute Gasteiger partial charge is 0.315 e. The molecule has 0 aromatic rings. The fourth-order valence-corrected chi connectivity index (χ4v) is 9.06. The van der Waals surface area contributed by atoms with Crippen molar-refractivity contribution in [2.24, 2.45) is 23.2 Å². The summed E-state index contributed by atoms with van der Waals surface area (Å²) in [6.45, 7) is 2.09. The Balaban J connectivity index is 1.02. The molecule has 2 N–H and O–H groups in total. The second-order valence-electron chi connectivity index (χ2n) is 12.9. The molecule has 7 heteroatoms. The molecule has 2 heterocycles. The summed E-state index contributed by atoms with van der Waals surface area (Å²) in [6.07, 6.45) is 16.4. The molecule has 2 saturated heterocycles. The third-order valence-corrected chi connectivity index (χ3v) is 10.4. The summed E-state index contributed by atoms with van der Waals surface area (Å²) >= 11 is 0. The van der Waals surface area contributed by atoms with E-state index in [1.54, 1.807) is 0 Å². The van der Waals surface area contributed by atoms with Crippen molar-refractivity contribution in [2.45, 2.75) is 114 Å². The Kier molecular flexibility index (Phi) is 6.46. The summed E-state index contributed by atoms with van der Waals surface area (Å²) in [5.41, 5.74) is -0.166. The van der Waals surface area contributed by atoms with Gasteiger partial charge in [-0.3, -0.25) is 9.59 Å². The van der Waals surface area contributed by atoms with E-state index in [4.69, 9.17) is 0 Å². The standard InChI is InChI=1S/C28H44N4O3/c33-25(31-11-8-23(9-12-31)30-27(35)29-22-5-2-1-3-6-22)24-7-4-10-32(24)26(34)28-16-19-13-20(17-28)15-21(14-19)18-28/h19-24H,1-18H2,(H2,29,30,35). The maximum atomic E-state index is 13.9. The summed E-state index contributed by atoms with van der Waals surface area (Å²) in [4.78, 5) is 43.9. The Bertz CT molecular complexity index is 795. The highest BCUT2D eigenvalue weighted by molar-refractivity contribution is 5.91. The summed E-state index contributed by atoms with van der Waals surface area (Å²) in [6, 6.07) is 0.112. The lowest BCUT2D eigenvalue weighted by Crippen LogP contribution is -2.58. The molecule has 0 aromatic heterocycles. The minimum Gasteiger partial charge on any atom is -0.341 e. The number of carbonyl (C=O) groups is 3. The van der Waals surface area contributed by atoms with Gasteiger partial charge in [-0.1, -0.05) is 19.3 Å². The topological polar surface area (TPSA) is 81.8 Å². The molecule has 7 fully saturated rings. The number of hydrogen-bond donors (Lipinski definition) is 2. The van der Waals surface area contributed by atoms with Gasteiger partial charge in [0.05, 0.1) is 5.41 Å². The molecule has 5 saturated carbocycles. The van der Waals surface area contributed by atoms with Gasteiger partial charge in [0.25, 0.3) is 0 Å². The van der Waals surface area contributed by atoms with Gasteiger partial charge in [0.2, 0.25) is 11.8 Å². The number of urea groups is 1. The highest BCUT2D eigenvalue weighted by atomic mass is 16.2. The molecule has 0 aromatic carbocycles. The van der Waals surface area contributed by atoms with Crippen LogP contribution in [-0.4, -0.2) is 65.4 Å². The molecule has 35 heavy (non-hydrogen) atoms. The summed E-state index contributed by atoms with van der Waals surface area (Å²) in [5.74, 6) is 2.67. The van der Waals surface area contributed by atoms with Gasteiger partial charge >= 0.3 is 6.03 Å². The van der Waals surface area contributed by atoms with Crippen LogP contribution in [0, 0.1) is 23.2 Å². The predicted molar refractivity (Wildman–Crippen MR) is 133 cm³/mol. The van der Waals surface area contributed by atoms with E-state index in [1.807, 2.05) is 9.80 Å². The number of carbonyl (C=O) groups excluding carboxylic acids is 3. The molecule has 7 aliphatic rings. The van der Waals surface area contributed by atoms with Crippen LogP contribution in [0.5, 0.6) is 0 Å². The maximum Gasteiger partial charge on any atom is 0.315 e. The quantitative estimate of drug-likeness (QED) is 0.637. The van der Waals surface area contributed by atoms with Gasteiger partial charge in [-0.05, 0) is 94.8 Å². The van der Waals surface area contributed by atoms with Crippen molar-refractivity contribution in [2.75, 3.05) is 19.6 Å². The lowest BCUT2D eigenvalue weighted by Gasteiger charge is -2.56. The van der Waals surface area contributed by atoms with Crippen LogP contribution in [0.25, 0.3) is 0 Å². The third-order valence-electron chi connectivity index (χ3n) is 10.4. The molecular weight excluding hydrogens is 440 g/mol. The van der Waals surface area contributed by atoms with Crippen molar-refractivity contribution in [1.82, 2.24) is 20.4 Å². The molecule has 2 aliphatic heterocycles. The second-order valence-corrected chi connectivity index (χ2v) is 12.9. The Morgan fingerprint density at radius 3 is 1.83 bits per heavy atom. The molecule has 1 atom stereocenters. The molecular formula is C28H44N4O3. The fourth-order valence-electron chi connectivity index (χ4n) is 9.06. The molecule has 0 spiro atoms. The van der Waals surface area contributed by atoms with E-state index in [-0.39, 0.29) is 29.4 Å². The first-order chi connectivity index (χ1) is 17.0. The van der Waals surface area contributed by atoms with Gasteiger partial charge in [0, 0.05) is 31.7 Å². The van der Waals surface area contributed by atoms with Crippen LogP contribution in [0.4, 0.5) is 4.79 Å². The molecule has 4 bridgehead atoms. The van der Waals surface area contributed by atoms with Gasteiger partial charge in [-0.15, -0.1) is 0 Å². The first kappa shape index (κ1) is 23.6. The van der Waals surface area contributed by atoms with E-state index in [0.29, 0.717) is 25.0 Å². The molecule has 7 rings (SSSR count). The van der Waals surface area contributed by atoms with Crippen LogP contribution in [0.3, 0.4) is 0 Å².